The first kappa shape index (κ1) is 17.9. The van der Waals surface area contributed by atoms with E-state index in [9.17, 15) is 19.1 Å². The molecule has 3 aromatic rings. The van der Waals surface area contributed by atoms with Crippen LogP contribution in [0.3, 0.4) is 0 Å². The monoisotopic (exact) mass is 392 g/mol. The van der Waals surface area contributed by atoms with Crippen molar-refractivity contribution in [1.29, 1.82) is 0 Å². The van der Waals surface area contributed by atoms with Gasteiger partial charge in [0, 0.05) is 34.7 Å². The maximum Gasteiger partial charge on any atom is 0.323 e. The minimum atomic E-state index is -0.930. The number of carboxylic acid groups (broad SMARTS) is 1. The largest absolute Gasteiger partial charge is 0.480 e. The second-order valence-electron chi connectivity index (χ2n) is 7.87. The minimum Gasteiger partial charge on any atom is -0.480 e. The molecule has 2 heterocycles. The lowest BCUT2D eigenvalue weighted by Gasteiger charge is -2.27. The van der Waals surface area contributed by atoms with Crippen molar-refractivity contribution in [3.63, 3.8) is 0 Å². The third-order valence-corrected chi connectivity index (χ3v) is 6.22. The van der Waals surface area contributed by atoms with Gasteiger partial charge in [-0.05, 0) is 61.1 Å². The van der Waals surface area contributed by atoms with Crippen LogP contribution in [0.2, 0.25) is 0 Å². The molecule has 1 aliphatic carbocycles. The Morgan fingerprint density at radius 1 is 1.14 bits per heavy atom. The number of hydrogen-bond acceptors (Lipinski definition) is 2. The molecule has 5 rings (SSSR count). The van der Waals surface area contributed by atoms with E-state index in [0.717, 1.165) is 34.3 Å². The summed E-state index contributed by atoms with van der Waals surface area (Å²) >= 11 is 0. The topological polar surface area (TPSA) is 62.5 Å². The standard InChI is InChI=1S/C23H21FN2O3/c24-16-6-8-21-18(12-16)17-11-15(5-7-20(17)26(21)13-22(27)28)23(29)25-10-9-14-3-1-2-4-19(14)25/h1-4,6,8,12,15H,5,7,9-11,13H2,(H,27,28). The maximum absolute atomic E-state index is 13.9. The molecule has 6 heteroatoms. The third-order valence-electron chi connectivity index (χ3n) is 6.22. The molecule has 1 N–H and O–H groups in total. The van der Waals surface area contributed by atoms with Gasteiger partial charge in [0.25, 0.3) is 0 Å². The van der Waals surface area contributed by atoms with E-state index in [1.54, 1.807) is 10.6 Å². The average molecular weight is 392 g/mol. The van der Waals surface area contributed by atoms with Crippen LogP contribution in [0.4, 0.5) is 10.1 Å². The molecule has 1 atom stereocenters. The SMILES string of the molecule is O=C(O)Cn1c2c(c3cc(F)ccc31)CC(C(=O)N1CCc3ccccc31)CC2. The number of hydrogen-bond donors (Lipinski definition) is 1. The van der Waals surface area contributed by atoms with Crippen molar-refractivity contribution in [3.8, 4) is 0 Å². The average Bonchev–Trinajstić information content (AvgIpc) is 3.27. The van der Waals surface area contributed by atoms with Crippen molar-refractivity contribution < 1.29 is 19.1 Å². The lowest BCUT2D eigenvalue weighted by Crippen LogP contribution is -2.37. The van der Waals surface area contributed by atoms with Crippen LogP contribution in [0.15, 0.2) is 42.5 Å². The van der Waals surface area contributed by atoms with Crippen molar-refractivity contribution in [1.82, 2.24) is 4.57 Å². The summed E-state index contributed by atoms with van der Waals surface area (Å²) in [5.74, 6) is -1.35. The number of carbonyl (C=O) groups excluding carboxylic acids is 1. The minimum absolute atomic E-state index is 0.108. The van der Waals surface area contributed by atoms with Gasteiger partial charge in [-0.15, -0.1) is 0 Å². The molecule has 2 aromatic carbocycles. The number of amides is 1. The molecule has 0 radical (unpaired) electrons. The van der Waals surface area contributed by atoms with Crippen LogP contribution < -0.4 is 4.90 Å². The molecule has 0 fully saturated rings. The van der Waals surface area contributed by atoms with E-state index in [-0.39, 0.29) is 24.2 Å². The molecule has 1 aromatic heterocycles. The summed E-state index contributed by atoms with van der Waals surface area (Å²) in [6, 6.07) is 12.4. The normalized spacial score (nSPS) is 18.0. The zero-order chi connectivity index (χ0) is 20.1. The molecular weight excluding hydrogens is 371 g/mol. The number of aliphatic carboxylic acids is 1. The third kappa shape index (κ3) is 2.90. The second kappa shape index (κ2) is 6.72. The fourth-order valence-corrected chi connectivity index (χ4v) is 4.94. The number of carboxylic acids is 1. The van der Waals surface area contributed by atoms with Crippen LogP contribution in [-0.2, 0) is 35.4 Å². The summed E-state index contributed by atoms with van der Waals surface area (Å²) in [6.45, 7) is 0.534. The highest BCUT2D eigenvalue weighted by Crippen LogP contribution is 2.37. The number of benzene rings is 2. The van der Waals surface area contributed by atoms with Crippen molar-refractivity contribution in [2.24, 2.45) is 5.92 Å². The number of anilines is 1. The van der Waals surface area contributed by atoms with E-state index in [1.807, 2.05) is 23.1 Å². The quantitative estimate of drug-likeness (QED) is 0.741. The molecule has 5 nitrogen and oxygen atoms in total. The molecule has 0 saturated heterocycles. The molecule has 148 valence electrons. The van der Waals surface area contributed by atoms with Gasteiger partial charge in [-0.1, -0.05) is 18.2 Å². The molecule has 29 heavy (non-hydrogen) atoms. The van der Waals surface area contributed by atoms with Crippen LogP contribution in [0, 0.1) is 11.7 Å². The molecule has 2 aliphatic rings. The summed E-state index contributed by atoms with van der Waals surface area (Å²) in [5, 5.41) is 10.0. The highest BCUT2D eigenvalue weighted by Gasteiger charge is 2.34. The molecule has 1 amide bonds. The Hall–Kier alpha value is -3.15. The van der Waals surface area contributed by atoms with Crippen LogP contribution in [0.1, 0.15) is 23.2 Å². The lowest BCUT2D eigenvalue weighted by atomic mass is 9.85. The molecule has 0 spiro atoms. The fraction of sp³-hybridized carbons (Fsp3) is 0.304. The molecular formula is C23H21FN2O3. The summed E-state index contributed by atoms with van der Waals surface area (Å²) in [4.78, 5) is 26.6. The first-order valence-electron chi connectivity index (χ1n) is 9.93. The van der Waals surface area contributed by atoms with Crippen LogP contribution in [0.5, 0.6) is 0 Å². The van der Waals surface area contributed by atoms with Gasteiger partial charge in [0.05, 0.1) is 0 Å². The van der Waals surface area contributed by atoms with Gasteiger partial charge in [0.2, 0.25) is 5.91 Å². The van der Waals surface area contributed by atoms with E-state index in [0.29, 0.717) is 25.8 Å². The Bertz CT molecular complexity index is 1150. The Labute approximate surface area is 167 Å². The Kier molecular flexibility index (Phi) is 4.15. The van der Waals surface area contributed by atoms with E-state index >= 15 is 0 Å². The number of carbonyl (C=O) groups is 2. The second-order valence-corrected chi connectivity index (χ2v) is 7.87. The maximum atomic E-state index is 13.9. The highest BCUT2D eigenvalue weighted by molar-refractivity contribution is 5.98. The summed E-state index contributed by atoms with van der Waals surface area (Å²) in [6.07, 6.45) is 2.66. The van der Waals surface area contributed by atoms with Crippen LogP contribution >= 0.6 is 0 Å². The molecule has 0 bridgehead atoms. The van der Waals surface area contributed by atoms with Gasteiger partial charge in [-0.25, -0.2) is 4.39 Å². The van der Waals surface area contributed by atoms with Gasteiger partial charge < -0.3 is 14.6 Å². The summed E-state index contributed by atoms with van der Waals surface area (Å²) < 4.78 is 15.7. The van der Waals surface area contributed by atoms with E-state index in [2.05, 4.69) is 6.07 Å². The van der Waals surface area contributed by atoms with Crippen molar-refractivity contribution >= 4 is 28.5 Å². The van der Waals surface area contributed by atoms with Crippen molar-refractivity contribution in [3.05, 3.63) is 65.1 Å². The number of rotatable bonds is 3. The summed E-state index contributed by atoms with van der Waals surface area (Å²) in [5.41, 5.74) is 4.73. The number of fused-ring (bicyclic) bond motifs is 4. The summed E-state index contributed by atoms with van der Waals surface area (Å²) in [7, 11) is 0. The zero-order valence-electron chi connectivity index (χ0n) is 15.9. The number of halogens is 1. The van der Waals surface area contributed by atoms with Gasteiger partial charge in [-0.2, -0.15) is 0 Å². The number of para-hydroxylation sites is 1. The molecule has 0 saturated carbocycles. The first-order chi connectivity index (χ1) is 14.0. The Morgan fingerprint density at radius 3 is 2.79 bits per heavy atom. The fourth-order valence-electron chi connectivity index (χ4n) is 4.94. The van der Waals surface area contributed by atoms with Crippen LogP contribution in [0.25, 0.3) is 10.9 Å². The highest BCUT2D eigenvalue weighted by atomic mass is 19.1. The van der Waals surface area contributed by atoms with Gasteiger partial charge in [0.15, 0.2) is 0 Å². The smallest absolute Gasteiger partial charge is 0.323 e. The van der Waals surface area contributed by atoms with Gasteiger partial charge in [-0.3, -0.25) is 9.59 Å². The van der Waals surface area contributed by atoms with E-state index in [1.165, 1.54) is 17.7 Å². The van der Waals surface area contributed by atoms with Crippen molar-refractivity contribution in [2.75, 3.05) is 11.4 Å². The number of aromatic nitrogens is 1. The Balaban J connectivity index is 1.51. The first-order valence-corrected chi connectivity index (χ1v) is 9.93. The predicted molar refractivity (Wildman–Crippen MR) is 108 cm³/mol. The lowest BCUT2D eigenvalue weighted by molar-refractivity contribution is -0.137. The Morgan fingerprint density at radius 2 is 1.97 bits per heavy atom. The molecule has 1 aliphatic heterocycles. The van der Waals surface area contributed by atoms with E-state index in [4.69, 9.17) is 0 Å². The zero-order valence-corrected chi connectivity index (χ0v) is 15.9. The van der Waals surface area contributed by atoms with Crippen LogP contribution in [-0.4, -0.2) is 28.1 Å². The van der Waals surface area contributed by atoms with E-state index < -0.39 is 5.97 Å². The molecule has 1 unspecified atom stereocenters. The predicted octanol–water partition coefficient (Wildman–Crippen LogP) is 3.56. The number of nitrogens with zero attached hydrogens (tertiary/aromatic N) is 2. The van der Waals surface area contributed by atoms with Gasteiger partial charge in [0.1, 0.15) is 12.4 Å². The van der Waals surface area contributed by atoms with Crippen molar-refractivity contribution in [2.45, 2.75) is 32.2 Å². The van der Waals surface area contributed by atoms with Gasteiger partial charge >= 0.3 is 5.97 Å².